The molecule has 0 atom stereocenters. The van der Waals surface area contributed by atoms with Crippen molar-refractivity contribution in [2.45, 2.75) is 33.2 Å². The molecule has 0 unspecified atom stereocenters. The highest BCUT2D eigenvalue weighted by Crippen LogP contribution is 2.22. The third-order valence-electron chi connectivity index (χ3n) is 6.01. The number of hydrogen-bond acceptors (Lipinski definition) is 3. The molecule has 2 saturated heterocycles. The zero-order chi connectivity index (χ0) is 22.0. The molecular weight excluding hydrogens is 394 g/mol. The average Bonchev–Trinajstić information content (AvgIpc) is 3.43. The monoisotopic (exact) mass is 425 g/mol. The van der Waals surface area contributed by atoms with E-state index < -0.39 is 11.8 Å². The van der Waals surface area contributed by atoms with Crippen LogP contribution in [0.15, 0.2) is 30.5 Å². The van der Waals surface area contributed by atoms with Crippen molar-refractivity contribution < 1.29 is 14.4 Å². The number of anilines is 1. The molecule has 2 fully saturated rings. The minimum absolute atomic E-state index is 0.182. The molecule has 166 valence electrons. The van der Waals surface area contributed by atoms with Gasteiger partial charge in [0.15, 0.2) is 0 Å². The fourth-order valence-electron chi connectivity index (χ4n) is 4.34. The summed E-state index contributed by atoms with van der Waals surface area (Å²) in [5.74, 6) is -0.294. The van der Waals surface area contributed by atoms with Crippen molar-refractivity contribution in [1.82, 2.24) is 19.3 Å². The molecular formula is C23H31N5O3. The molecule has 8 nitrogen and oxygen atoms in total. The van der Waals surface area contributed by atoms with Crippen LogP contribution >= 0.6 is 0 Å². The summed E-state index contributed by atoms with van der Waals surface area (Å²) in [6.07, 6.45) is 4.00. The molecule has 1 N–H and O–H groups in total. The predicted molar refractivity (Wildman–Crippen MR) is 120 cm³/mol. The first-order valence-corrected chi connectivity index (χ1v) is 11.2. The molecule has 1 aromatic carbocycles. The van der Waals surface area contributed by atoms with E-state index in [2.05, 4.69) is 36.0 Å². The molecule has 4 rings (SSSR count). The zero-order valence-corrected chi connectivity index (χ0v) is 18.3. The van der Waals surface area contributed by atoms with Crippen molar-refractivity contribution in [3.05, 3.63) is 30.5 Å². The summed E-state index contributed by atoms with van der Waals surface area (Å²) in [6, 6.07) is 7.83. The molecule has 3 heterocycles. The van der Waals surface area contributed by atoms with Gasteiger partial charge >= 0.3 is 17.8 Å². The van der Waals surface area contributed by atoms with E-state index in [1.807, 2.05) is 18.2 Å². The largest absolute Gasteiger partial charge is 0.347 e. The van der Waals surface area contributed by atoms with Crippen LogP contribution in [0.4, 0.5) is 10.5 Å². The topological polar surface area (TPSA) is 77.9 Å². The number of nitrogens with zero attached hydrogens (tertiary/aromatic N) is 4. The Morgan fingerprint density at radius 2 is 1.48 bits per heavy atom. The van der Waals surface area contributed by atoms with Crippen LogP contribution in [0.2, 0.25) is 0 Å². The second kappa shape index (κ2) is 8.99. The van der Waals surface area contributed by atoms with Gasteiger partial charge in [-0.05, 0) is 43.0 Å². The van der Waals surface area contributed by atoms with Crippen molar-refractivity contribution in [3.8, 4) is 0 Å². The van der Waals surface area contributed by atoms with E-state index in [1.54, 1.807) is 14.7 Å². The van der Waals surface area contributed by atoms with Gasteiger partial charge in [0, 0.05) is 68.6 Å². The van der Waals surface area contributed by atoms with Gasteiger partial charge in [-0.25, -0.2) is 4.79 Å². The number of aromatic nitrogens is 1. The molecule has 0 spiro atoms. The third kappa shape index (κ3) is 4.68. The summed E-state index contributed by atoms with van der Waals surface area (Å²) in [7, 11) is 0. The maximum Gasteiger partial charge on any atom is 0.321 e. The van der Waals surface area contributed by atoms with Crippen molar-refractivity contribution in [3.63, 3.8) is 0 Å². The van der Waals surface area contributed by atoms with Gasteiger partial charge in [0.1, 0.15) is 0 Å². The maximum atomic E-state index is 12.7. The lowest BCUT2D eigenvalue weighted by Gasteiger charge is -2.34. The molecule has 31 heavy (non-hydrogen) atoms. The number of rotatable bonds is 3. The van der Waals surface area contributed by atoms with Gasteiger partial charge in [-0.3, -0.25) is 9.59 Å². The van der Waals surface area contributed by atoms with Crippen molar-refractivity contribution in [2.24, 2.45) is 5.92 Å². The number of carbonyl (C=O) groups is 3. The fraction of sp³-hybridized carbons (Fsp3) is 0.522. The Balaban J connectivity index is 1.31. The summed E-state index contributed by atoms with van der Waals surface area (Å²) in [5, 5.41) is 4.06. The van der Waals surface area contributed by atoms with Gasteiger partial charge < -0.3 is 24.6 Å². The van der Waals surface area contributed by atoms with Gasteiger partial charge in [-0.15, -0.1) is 0 Å². The SMILES string of the molecule is CC(C)Cn1ccc2cc(NC(=O)N3CCN(C(=O)C(=O)N4CCCC4)CC3)ccc21. The number of benzene rings is 1. The number of piperazine rings is 1. The van der Waals surface area contributed by atoms with Crippen LogP contribution in [0.3, 0.4) is 0 Å². The Morgan fingerprint density at radius 3 is 2.13 bits per heavy atom. The van der Waals surface area contributed by atoms with Gasteiger partial charge in [0.05, 0.1) is 0 Å². The minimum Gasteiger partial charge on any atom is -0.347 e. The number of likely N-dealkylation sites (tertiary alicyclic amines) is 1. The van der Waals surface area contributed by atoms with Gasteiger partial charge in [0.2, 0.25) is 0 Å². The van der Waals surface area contributed by atoms with Crippen LogP contribution in [0, 0.1) is 5.92 Å². The smallest absolute Gasteiger partial charge is 0.321 e. The highest BCUT2D eigenvalue weighted by atomic mass is 16.2. The van der Waals surface area contributed by atoms with Crippen LogP contribution in [0.5, 0.6) is 0 Å². The number of hydrogen-bond donors (Lipinski definition) is 1. The van der Waals surface area contributed by atoms with Crippen molar-refractivity contribution in [1.29, 1.82) is 0 Å². The van der Waals surface area contributed by atoms with E-state index in [0.29, 0.717) is 45.2 Å². The lowest BCUT2D eigenvalue weighted by atomic mass is 10.2. The van der Waals surface area contributed by atoms with E-state index in [9.17, 15) is 14.4 Å². The Kier molecular flexibility index (Phi) is 6.15. The van der Waals surface area contributed by atoms with Crippen LogP contribution < -0.4 is 5.32 Å². The first-order valence-electron chi connectivity index (χ1n) is 11.2. The Labute approximate surface area is 182 Å². The fourth-order valence-corrected chi connectivity index (χ4v) is 4.34. The Bertz CT molecular complexity index is 969. The summed E-state index contributed by atoms with van der Waals surface area (Å²) in [6.45, 7) is 8.25. The normalized spacial score (nSPS) is 16.9. The number of carbonyl (C=O) groups excluding carboxylic acids is 3. The highest BCUT2D eigenvalue weighted by molar-refractivity contribution is 6.35. The van der Waals surface area contributed by atoms with E-state index in [1.165, 1.54) is 0 Å². The van der Waals surface area contributed by atoms with Crippen LogP contribution in [0.1, 0.15) is 26.7 Å². The van der Waals surface area contributed by atoms with Crippen molar-refractivity contribution in [2.75, 3.05) is 44.6 Å². The average molecular weight is 426 g/mol. The minimum atomic E-state index is -0.446. The molecule has 1 aromatic heterocycles. The van der Waals surface area contributed by atoms with Crippen molar-refractivity contribution >= 4 is 34.4 Å². The second-order valence-electron chi connectivity index (χ2n) is 8.84. The third-order valence-corrected chi connectivity index (χ3v) is 6.01. The molecule has 2 aliphatic heterocycles. The predicted octanol–water partition coefficient (Wildman–Crippen LogP) is 2.60. The number of fused-ring (bicyclic) bond motifs is 1. The highest BCUT2D eigenvalue weighted by Gasteiger charge is 2.31. The lowest BCUT2D eigenvalue weighted by molar-refractivity contribution is -0.152. The van der Waals surface area contributed by atoms with E-state index in [0.717, 1.165) is 36.0 Å². The van der Waals surface area contributed by atoms with Crippen LogP contribution in [-0.2, 0) is 16.1 Å². The van der Waals surface area contributed by atoms with Crippen LogP contribution in [0.25, 0.3) is 10.9 Å². The standard InChI is InChI=1S/C23H31N5O3/c1-17(2)16-28-10-7-18-15-19(5-6-20(18)28)24-23(31)27-13-11-26(12-14-27)22(30)21(29)25-8-3-4-9-25/h5-7,10,15,17H,3-4,8-9,11-14,16H2,1-2H3,(H,24,31). The lowest BCUT2D eigenvalue weighted by Crippen LogP contribution is -2.54. The summed E-state index contributed by atoms with van der Waals surface area (Å²) < 4.78 is 2.23. The summed E-state index contributed by atoms with van der Waals surface area (Å²) in [5.41, 5.74) is 1.91. The summed E-state index contributed by atoms with van der Waals surface area (Å²) >= 11 is 0. The number of amides is 4. The second-order valence-corrected chi connectivity index (χ2v) is 8.84. The molecule has 0 bridgehead atoms. The molecule has 4 amide bonds. The summed E-state index contributed by atoms with van der Waals surface area (Å²) in [4.78, 5) is 42.4. The van der Waals surface area contributed by atoms with Gasteiger partial charge in [0.25, 0.3) is 0 Å². The van der Waals surface area contributed by atoms with Crippen LogP contribution in [-0.4, -0.2) is 76.4 Å². The van der Waals surface area contributed by atoms with E-state index in [4.69, 9.17) is 0 Å². The molecule has 0 saturated carbocycles. The maximum absolute atomic E-state index is 12.7. The molecule has 2 aromatic rings. The Hall–Kier alpha value is -3.03. The van der Waals surface area contributed by atoms with E-state index >= 15 is 0 Å². The quantitative estimate of drug-likeness (QED) is 0.768. The van der Waals surface area contributed by atoms with Gasteiger partial charge in [-0.2, -0.15) is 0 Å². The van der Waals surface area contributed by atoms with Gasteiger partial charge in [-0.1, -0.05) is 13.8 Å². The first-order chi connectivity index (χ1) is 14.9. The van der Waals surface area contributed by atoms with E-state index in [-0.39, 0.29) is 6.03 Å². The number of urea groups is 1. The Morgan fingerprint density at radius 1 is 0.871 bits per heavy atom. The molecule has 8 heteroatoms. The molecule has 2 aliphatic rings. The number of nitrogens with one attached hydrogen (secondary N) is 1. The molecule has 0 radical (unpaired) electrons. The first kappa shape index (κ1) is 21.2. The zero-order valence-electron chi connectivity index (χ0n) is 18.3. The molecule has 0 aliphatic carbocycles.